The summed E-state index contributed by atoms with van der Waals surface area (Å²) in [4.78, 5) is 16.1. The standard InChI is InChI=1S/C19H25N3O3/c1-3-4-9-22-19(23)15-12-16(14-20-13-15)21-10-11-25-18-7-5-17(24-2)6-8-18/h5-8,12-14,21H,3-4,9-11H2,1-2H3,(H,22,23). The summed E-state index contributed by atoms with van der Waals surface area (Å²) in [7, 11) is 1.63. The Morgan fingerprint density at radius 3 is 2.60 bits per heavy atom. The molecular weight excluding hydrogens is 318 g/mol. The number of rotatable bonds is 10. The zero-order valence-electron chi connectivity index (χ0n) is 14.7. The Kier molecular flexibility index (Phi) is 7.56. The zero-order valence-corrected chi connectivity index (χ0v) is 14.7. The van der Waals surface area contributed by atoms with Gasteiger partial charge in [-0.2, -0.15) is 0 Å². The fourth-order valence-electron chi connectivity index (χ4n) is 2.18. The fraction of sp³-hybridized carbons (Fsp3) is 0.368. The second-order valence-corrected chi connectivity index (χ2v) is 5.52. The average Bonchev–Trinajstić information content (AvgIpc) is 2.66. The van der Waals surface area contributed by atoms with Gasteiger partial charge >= 0.3 is 0 Å². The molecular formula is C19H25N3O3. The van der Waals surface area contributed by atoms with Gasteiger partial charge in [0.15, 0.2) is 0 Å². The largest absolute Gasteiger partial charge is 0.497 e. The van der Waals surface area contributed by atoms with E-state index >= 15 is 0 Å². The van der Waals surface area contributed by atoms with E-state index in [1.54, 1.807) is 25.6 Å². The van der Waals surface area contributed by atoms with Crippen molar-refractivity contribution in [2.75, 3.05) is 32.1 Å². The molecule has 0 aliphatic rings. The second kappa shape index (κ2) is 10.2. The first kappa shape index (κ1) is 18.6. The number of amides is 1. The Labute approximate surface area is 148 Å². The summed E-state index contributed by atoms with van der Waals surface area (Å²) in [5, 5.41) is 6.09. The van der Waals surface area contributed by atoms with Gasteiger partial charge in [-0.05, 0) is 36.8 Å². The molecule has 1 aromatic heterocycles. The number of aromatic nitrogens is 1. The number of carbonyl (C=O) groups excluding carboxylic acids is 1. The Bertz CT molecular complexity index is 659. The minimum atomic E-state index is -0.0981. The highest BCUT2D eigenvalue weighted by molar-refractivity contribution is 5.94. The summed E-state index contributed by atoms with van der Waals surface area (Å²) < 4.78 is 10.8. The molecule has 25 heavy (non-hydrogen) atoms. The van der Waals surface area contributed by atoms with Crippen molar-refractivity contribution in [2.45, 2.75) is 19.8 Å². The lowest BCUT2D eigenvalue weighted by Crippen LogP contribution is -2.24. The summed E-state index contributed by atoms with van der Waals surface area (Å²) in [6, 6.07) is 9.23. The molecule has 0 bridgehead atoms. The van der Waals surface area contributed by atoms with Crippen LogP contribution in [-0.4, -0.2) is 37.7 Å². The molecule has 6 nitrogen and oxygen atoms in total. The van der Waals surface area contributed by atoms with Crippen molar-refractivity contribution in [1.29, 1.82) is 0 Å². The highest BCUT2D eigenvalue weighted by Gasteiger charge is 2.06. The smallest absolute Gasteiger partial charge is 0.252 e. The van der Waals surface area contributed by atoms with Gasteiger partial charge in [0.25, 0.3) is 5.91 Å². The van der Waals surface area contributed by atoms with E-state index in [9.17, 15) is 4.79 Å². The topological polar surface area (TPSA) is 72.5 Å². The third kappa shape index (κ3) is 6.33. The van der Waals surface area contributed by atoms with Gasteiger partial charge in [-0.25, -0.2) is 0 Å². The van der Waals surface area contributed by atoms with Gasteiger partial charge in [0.2, 0.25) is 0 Å². The van der Waals surface area contributed by atoms with E-state index in [-0.39, 0.29) is 5.91 Å². The van der Waals surface area contributed by atoms with E-state index in [2.05, 4.69) is 22.5 Å². The molecule has 0 radical (unpaired) electrons. The fourth-order valence-corrected chi connectivity index (χ4v) is 2.18. The van der Waals surface area contributed by atoms with Crippen LogP contribution < -0.4 is 20.1 Å². The average molecular weight is 343 g/mol. The van der Waals surface area contributed by atoms with Crippen LogP contribution in [0.5, 0.6) is 11.5 Å². The number of hydrogen-bond acceptors (Lipinski definition) is 5. The van der Waals surface area contributed by atoms with Crippen molar-refractivity contribution < 1.29 is 14.3 Å². The van der Waals surface area contributed by atoms with E-state index in [0.717, 1.165) is 30.0 Å². The van der Waals surface area contributed by atoms with Gasteiger partial charge in [-0.15, -0.1) is 0 Å². The number of nitrogens with one attached hydrogen (secondary N) is 2. The quantitative estimate of drug-likeness (QED) is 0.649. The summed E-state index contributed by atoms with van der Waals surface area (Å²) in [6.07, 6.45) is 5.28. The molecule has 2 aromatic rings. The van der Waals surface area contributed by atoms with Gasteiger partial charge in [0.05, 0.1) is 18.4 Å². The molecule has 0 fully saturated rings. The van der Waals surface area contributed by atoms with Crippen molar-refractivity contribution in [3.8, 4) is 11.5 Å². The number of unbranched alkanes of at least 4 members (excludes halogenated alkanes) is 1. The number of ether oxygens (including phenoxy) is 2. The van der Waals surface area contributed by atoms with Crippen LogP contribution in [0, 0.1) is 0 Å². The maximum Gasteiger partial charge on any atom is 0.252 e. The molecule has 134 valence electrons. The second-order valence-electron chi connectivity index (χ2n) is 5.52. The molecule has 0 aliphatic heterocycles. The Morgan fingerprint density at radius 2 is 1.88 bits per heavy atom. The van der Waals surface area contributed by atoms with Crippen LogP contribution in [0.1, 0.15) is 30.1 Å². The van der Waals surface area contributed by atoms with Crippen LogP contribution in [0.3, 0.4) is 0 Å². The summed E-state index contributed by atoms with van der Waals surface area (Å²) in [6.45, 7) is 3.88. The molecule has 1 amide bonds. The number of pyridine rings is 1. The molecule has 0 saturated carbocycles. The molecule has 0 aliphatic carbocycles. The maximum atomic E-state index is 12.0. The Balaban J connectivity index is 1.76. The van der Waals surface area contributed by atoms with Crippen molar-refractivity contribution in [3.63, 3.8) is 0 Å². The lowest BCUT2D eigenvalue weighted by Gasteiger charge is -2.10. The monoisotopic (exact) mass is 343 g/mol. The van der Waals surface area contributed by atoms with Crippen LogP contribution >= 0.6 is 0 Å². The van der Waals surface area contributed by atoms with E-state index in [1.165, 1.54) is 0 Å². The number of carbonyl (C=O) groups is 1. The molecule has 0 spiro atoms. The molecule has 1 heterocycles. The SMILES string of the molecule is CCCCNC(=O)c1cncc(NCCOc2ccc(OC)cc2)c1. The van der Waals surface area contributed by atoms with Crippen molar-refractivity contribution >= 4 is 11.6 Å². The first-order valence-electron chi connectivity index (χ1n) is 8.47. The van der Waals surface area contributed by atoms with Crippen LogP contribution in [0.15, 0.2) is 42.7 Å². The Hall–Kier alpha value is -2.76. The number of nitrogens with zero attached hydrogens (tertiary/aromatic N) is 1. The van der Waals surface area contributed by atoms with Crippen LogP contribution in [0.4, 0.5) is 5.69 Å². The molecule has 6 heteroatoms. The third-order valence-electron chi connectivity index (χ3n) is 3.58. The van der Waals surface area contributed by atoms with Gasteiger partial charge < -0.3 is 20.1 Å². The van der Waals surface area contributed by atoms with E-state index in [1.807, 2.05) is 24.3 Å². The third-order valence-corrected chi connectivity index (χ3v) is 3.58. The van der Waals surface area contributed by atoms with E-state index in [4.69, 9.17) is 9.47 Å². The molecule has 0 saturated heterocycles. The number of hydrogen-bond donors (Lipinski definition) is 2. The number of benzene rings is 1. The Morgan fingerprint density at radius 1 is 1.12 bits per heavy atom. The van der Waals surface area contributed by atoms with E-state index in [0.29, 0.717) is 25.3 Å². The van der Waals surface area contributed by atoms with Crippen molar-refractivity contribution in [1.82, 2.24) is 10.3 Å². The van der Waals surface area contributed by atoms with Gasteiger partial charge in [-0.3, -0.25) is 9.78 Å². The zero-order chi connectivity index (χ0) is 17.9. The van der Waals surface area contributed by atoms with Crippen molar-refractivity contribution in [3.05, 3.63) is 48.3 Å². The first-order valence-corrected chi connectivity index (χ1v) is 8.47. The van der Waals surface area contributed by atoms with Gasteiger partial charge in [0, 0.05) is 25.5 Å². The summed E-state index contributed by atoms with van der Waals surface area (Å²) >= 11 is 0. The number of anilines is 1. The molecule has 2 rings (SSSR count). The maximum absolute atomic E-state index is 12.0. The van der Waals surface area contributed by atoms with Crippen LogP contribution in [0.2, 0.25) is 0 Å². The highest BCUT2D eigenvalue weighted by Crippen LogP contribution is 2.16. The number of methoxy groups -OCH3 is 1. The predicted octanol–water partition coefficient (Wildman–Crippen LogP) is 3.11. The minimum absolute atomic E-state index is 0.0981. The first-order chi connectivity index (χ1) is 12.2. The molecule has 0 unspecified atom stereocenters. The highest BCUT2D eigenvalue weighted by atomic mass is 16.5. The summed E-state index contributed by atoms with van der Waals surface area (Å²) in [5.41, 5.74) is 1.35. The molecule has 2 N–H and O–H groups in total. The van der Waals surface area contributed by atoms with Gasteiger partial charge in [0.1, 0.15) is 18.1 Å². The lowest BCUT2D eigenvalue weighted by atomic mass is 10.2. The normalized spacial score (nSPS) is 10.2. The molecule has 0 atom stereocenters. The van der Waals surface area contributed by atoms with Gasteiger partial charge in [-0.1, -0.05) is 13.3 Å². The van der Waals surface area contributed by atoms with Crippen molar-refractivity contribution in [2.24, 2.45) is 0 Å². The molecule has 1 aromatic carbocycles. The van der Waals surface area contributed by atoms with E-state index < -0.39 is 0 Å². The summed E-state index contributed by atoms with van der Waals surface area (Å²) in [5.74, 6) is 1.48. The predicted molar refractivity (Wildman–Crippen MR) is 98.5 cm³/mol. The van der Waals surface area contributed by atoms with Crippen LogP contribution in [-0.2, 0) is 0 Å². The minimum Gasteiger partial charge on any atom is -0.497 e. The van der Waals surface area contributed by atoms with Crippen LogP contribution in [0.25, 0.3) is 0 Å². The lowest BCUT2D eigenvalue weighted by molar-refractivity contribution is 0.0953.